The smallest absolute Gasteiger partial charge is 0.258 e. The molecule has 0 aromatic carbocycles. The first kappa shape index (κ1) is 13.8. The zero-order chi connectivity index (χ0) is 15.2. The van der Waals surface area contributed by atoms with Crippen molar-refractivity contribution in [3.05, 3.63) is 22.9 Å². The summed E-state index contributed by atoms with van der Waals surface area (Å²) in [5, 5.41) is 3.78. The highest BCUT2D eigenvalue weighted by atomic mass is 79.9. The summed E-state index contributed by atoms with van der Waals surface area (Å²) in [4.78, 5) is 15.7. The lowest BCUT2D eigenvalue weighted by Gasteiger charge is -1.99. The number of nitrogens with zero attached hydrogens (tertiary/aromatic N) is 6. The summed E-state index contributed by atoms with van der Waals surface area (Å²) in [5.41, 5.74) is 6.38. The van der Waals surface area contributed by atoms with Gasteiger partial charge in [-0.05, 0) is 22.0 Å². The number of hydrogen-bond acceptors (Lipinski definition) is 8. The second-order valence-corrected chi connectivity index (χ2v) is 6.90. The summed E-state index contributed by atoms with van der Waals surface area (Å²) < 4.78 is 24.9. The quantitative estimate of drug-likeness (QED) is 0.683. The summed E-state index contributed by atoms with van der Waals surface area (Å²) in [7, 11) is -3.58. The number of aromatic nitrogens is 6. The Morgan fingerprint density at radius 1 is 1.29 bits per heavy atom. The molecule has 3 heterocycles. The van der Waals surface area contributed by atoms with E-state index < -0.39 is 9.84 Å². The molecule has 9 nitrogen and oxygen atoms in total. The summed E-state index contributed by atoms with van der Waals surface area (Å²) in [6.07, 6.45) is 4.18. The number of rotatable bonds is 2. The van der Waals surface area contributed by atoms with E-state index in [0.29, 0.717) is 15.9 Å². The predicted octanol–water partition coefficient (Wildman–Crippen LogP) is 0.329. The van der Waals surface area contributed by atoms with Gasteiger partial charge in [0.1, 0.15) is 0 Å². The molecular weight excluding hydrogens is 362 g/mol. The average molecular weight is 370 g/mol. The number of fused-ring (bicyclic) bond motifs is 1. The molecule has 0 radical (unpaired) electrons. The van der Waals surface area contributed by atoms with Gasteiger partial charge >= 0.3 is 0 Å². The molecule has 0 atom stereocenters. The fourth-order valence-corrected chi connectivity index (χ4v) is 2.56. The number of anilines is 1. The van der Waals surface area contributed by atoms with E-state index in [1.54, 1.807) is 18.5 Å². The standard InChI is InChI=1S/C10H8BrN7O2S/c1-21(19,20)10-15-8(12)18-9(16-10)14-7(17-18)5-2-3-13-4-6(5)11/h2-4H,1H3,(H2,12,14,15,16,17). The Balaban J connectivity index is 2.26. The third-order valence-electron chi connectivity index (χ3n) is 2.56. The van der Waals surface area contributed by atoms with Crippen molar-refractivity contribution in [1.82, 2.24) is 29.5 Å². The molecular formula is C10H8BrN7O2S. The maximum absolute atomic E-state index is 11.5. The summed E-state index contributed by atoms with van der Waals surface area (Å²) >= 11 is 3.34. The van der Waals surface area contributed by atoms with Gasteiger partial charge in [0.15, 0.2) is 5.82 Å². The Kier molecular flexibility index (Phi) is 3.10. The molecule has 0 aliphatic rings. The summed E-state index contributed by atoms with van der Waals surface area (Å²) in [6.45, 7) is 0. The molecule has 0 fully saturated rings. The maximum atomic E-state index is 11.5. The first-order chi connectivity index (χ1) is 9.86. The van der Waals surface area contributed by atoms with Crippen molar-refractivity contribution in [2.45, 2.75) is 5.16 Å². The van der Waals surface area contributed by atoms with Gasteiger partial charge in [-0.15, -0.1) is 5.10 Å². The van der Waals surface area contributed by atoms with Crippen molar-refractivity contribution in [1.29, 1.82) is 0 Å². The van der Waals surface area contributed by atoms with Gasteiger partial charge in [-0.1, -0.05) is 0 Å². The zero-order valence-electron chi connectivity index (χ0n) is 10.6. The van der Waals surface area contributed by atoms with Gasteiger partial charge in [-0.25, -0.2) is 8.42 Å². The van der Waals surface area contributed by atoms with Crippen LogP contribution >= 0.6 is 15.9 Å². The molecule has 3 rings (SSSR count). The molecule has 0 bridgehead atoms. The van der Waals surface area contributed by atoms with Crippen molar-refractivity contribution in [2.75, 3.05) is 12.0 Å². The molecule has 0 spiro atoms. The van der Waals surface area contributed by atoms with Gasteiger partial charge in [-0.3, -0.25) is 4.98 Å². The van der Waals surface area contributed by atoms with Crippen LogP contribution in [-0.2, 0) is 9.84 Å². The van der Waals surface area contributed by atoms with Crippen molar-refractivity contribution in [3.63, 3.8) is 0 Å². The van der Waals surface area contributed by atoms with E-state index in [4.69, 9.17) is 5.73 Å². The Morgan fingerprint density at radius 3 is 2.71 bits per heavy atom. The second kappa shape index (κ2) is 4.70. The molecule has 108 valence electrons. The van der Waals surface area contributed by atoms with Crippen molar-refractivity contribution in [2.24, 2.45) is 0 Å². The highest BCUT2D eigenvalue weighted by Gasteiger charge is 2.18. The Morgan fingerprint density at radius 2 is 2.05 bits per heavy atom. The lowest BCUT2D eigenvalue weighted by molar-refractivity contribution is 0.592. The fraction of sp³-hybridized carbons (Fsp3) is 0.100. The minimum absolute atomic E-state index is 0.0571. The van der Waals surface area contributed by atoms with Crippen LogP contribution in [0.2, 0.25) is 0 Å². The van der Waals surface area contributed by atoms with Gasteiger partial charge in [0.2, 0.25) is 15.8 Å². The van der Waals surface area contributed by atoms with Crippen molar-refractivity contribution in [3.8, 4) is 11.4 Å². The van der Waals surface area contributed by atoms with Crippen LogP contribution in [0.5, 0.6) is 0 Å². The first-order valence-electron chi connectivity index (χ1n) is 5.56. The molecule has 0 aliphatic carbocycles. The Hall–Kier alpha value is -2.14. The van der Waals surface area contributed by atoms with Crippen molar-refractivity contribution < 1.29 is 8.42 Å². The van der Waals surface area contributed by atoms with Crippen LogP contribution in [0.3, 0.4) is 0 Å². The molecule has 0 unspecified atom stereocenters. The average Bonchev–Trinajstić information content (AvgIpc) is 2.82. The zero-order valence-corrected chi connectivity index (χ0v) is 13.0. The number of halogens is 1. The largest absolute Gasteiger partial charge is 0.368 e. The van der Waals surface area contributed by atoms with Crippen LogP contribution in [0.25, 0.3) is 17.2 Å². The van der Waals surface area contributed by atoms with Crippen molar-refractivity contribution >= 4 is 37.5 Å². The lowest BCUT2D eigenvalue weighted by Crippen LogP contribution is -2.11. The van der Waals surface area contributed by atoms with Gasteiger partial charge in [0.05, 0.1) is 0 Å². The van der Waals surface area contributed by atoms with Gasteiger partial charge < -0.3 is 5.73 Å². The minimum atomic E-state index is -3.58. The molecule has 0 saturated heterocycles. The molecule has 11 heteroatoms. The SMILES string of the molecule is CS(=O)(=O)c1nc(N)n2nc(-c3ccncc3Br)nc2n1. The molecule has 21 heavy (non-hydrogen) atoms. The van der Waals surface area contributed by atoms with E-state index in [2.05, 4.69) is 41.0 Å². The number of nitrogens with two attached hydrogens (primary N) is 1. The molecule has 0 saturated carbocycles. The molecule has 2 N–H and O–H groups in total. The molecule has 3 aromatic heterocycles. The van der Waals surface area contributed by atoms with Crippen LogP contribution in [0.15, 0.2) is 28.1 Å². The highest BCUT2D eigenvalue weighted by molar-refractivity contribution is 9.10. The summed E-state index contributed by atoms with van der Waals surface area (Å²) in [6, 6.07) is 1.71. The van der Waals surface area contributed by atoms with Gasteiger partial charge in [-0.2, -0.15) is 19.5 Å². The third-order valence-corrected chi connectivity index (χ3v) is 4.04. The van der Waals surface area contributed by atoms with Crippen LogP contribution < -0.4 is 5.73 Å². The maximum Gasteiger partial charge on any atom is 0.258 e. The highest BCUT2D eigenvalue weighted by Crippen LogP contribution is 2.24. The first-order valence-corrected chi connectivity index (χ1v) is 8.25. The predicted molar refractivity (Wildman–Crippen MR) is 77.0 cm³/mol. The number of nitrogen functional groups attached to an aromatic ring is 1. The number of sulfone groups is 1. The van der Waals surface area contributed by atoms with Crippen LogP contribution in [0.4, 0.5) is 5.95 Å². The topological polar surface area (TPSA) is 129 Å². The lowest BCUT2D eigenvalue weighted by atomic mass is 10.2. The third kappa shape index (κ3) is 2.45. The van der Waals surface area contributed by atoms with E-state index in [0.717, 1.165) is 6.26 Å². The van der Waals surface area contributed by atoms with E-state index >= 15 is 0 Å². The fourth-order valence-electron chi connectivity index (χ4n) is 1.62. The summed E-state index contributed by atoms with van der Waals surface area (Å²) in [5.74, 6) is 0.280. The number of pyridine rings is 1. The van der Waals surface area contributed by atoms with E-state index in [9.17, 15) is 8.42 Å². The number of hydrogen-bond donors (Lipinski definition) is 1. The van der Waals surface area contributed by atoms with Crippen LogP contribution in [0, 0.1) is 0 Å². The van der Waals surface area contributed by atoms with E-state index in [1.807, 2.05) is 0 Å². The van der Waals surface area contributed by atoms with Crippen LogP contribution in [-0.4, -0.2) is 44.2 Å². The normalized spacial score (nSPS) is 11.9. The molecule has 3 aromatic rings. The minimum Gasteiger partial charge on any atom is -0.368 e. The molecule has 0 amide bonds. The molecule has 0 aliphatic heterocycles. The van der Waals surface area contributed by atoms with Gasteiger partial charge in [0.25, 0.3) is 10.9 Å². The van der Waals surface area contributed by atoms with Gasteiger partial charge in [0, 0.05) is 28.7 Å². The second-order valence-electron chi connectivity index (χ2n) is 4.14. The van der Waals surface area contributed by atoms with Crippen LogP contribution in [0.1, 0.15) is 0 Å². The van der Waals surface area contributed by atoms with E-state index in [-0.39, 0.29) is 16.9 Å². The monoisotopic (exact) mass is 369 g/mol. The van der Waals surface area contributed by atoms with E-state index in [1.165, 1.54) is 4.52 Å². The Labute approximate surface area is 127 Å². The Bertz CT molecular complexity index is 953.